The van der Waals surface area contributed by atoms with Gasteiger partial charge >= 0.3 is 6.61 Å². The summed E-state index contributed by atoms with van der Waals surface area (Å²) in [6, 6.07) is 11.8. The van der Waals surface area contributed by atoms with Gasteiger partial charge in [0.2, 0.25) is 5.91 Å². The lowest BCUT2D eigenvalue weighted by atomic mass is 10.1. The summed E-state index contributed by atoms with van der Waals surface area (Å²) in [6.07, 6.45) is 0. The first-order valence-corrected chi connectivity index (χ1v) is 8.11. The van der Waals surface area contributed by atoms with Gasteiger partial charge in [0.25, 0.3) is 0 Å². The molecule has 1 amide bonds. The van der Waals surface area contributed by atoms with Crippen molar-refractivity contribution in [3.05, 3.63) is 65.5 Å². The maximum atomic E-state index is 12.9. The van der Waals surface area contributed by atoms with Crippen molar-refractivity contribution in [2.24, 2.45) is 0 Å². The van der Waals surface area contributed by atoms with Gasteiger partial charge in [0, 0.05) is 13.1 Å². The SMILES string of the molecule is CC(C(=O)NCc1ccc(F)cc1)N(C)Cc1ccc(OC(F)F)cc1. The van der Waals surface area contributed by atoms with Crippen molar-refractivity contribution in [2.45, 2.75) is 32.7 Å². The molecule has 2 aromatic rings. The van der Waals surface area contributed by atoms with Gasteiger partial charge in [0.1, 0.15) is 11.6 Å². The van der Waals surface area contributed by atoms with Crippen molar-refractivity contribution in [3.63, 3.8) is 0 Å². The smallest absolute Gasteiger partial charge is 0.387 e. The fraction of sp³-hybridized carbons (Fsp3) is 0.316. The van der Waals surface area contributed by atoms with Gasteiger partial charge in [0.15, 0.2) is 0 Å². The normalized spacial score (nSPS) is 12.3. The Kier molecular flexibility index (Phi) is 7.03. The molecule has 26 heavy (non-hydrogen) atoms. The molecule has 2 rings (SSSR count). The van der Waals surface area contributed by atoms with Crippen molar-refractivity contribution in [3.8, 4) is 5.75 Å². The van der Waals surface area contributed by atoms with E-state index in [9.17, 15) is 18.0 Å². The van der Waals surface area contributed by atoms with E-state index in [0.717, 1.165) is 11.1 Å². The van der Waals surface area contributed by atoms with Crippen LogP contribution in [0, 0.1) is 5.82 Å². The first-order valence-electron chi connectivity index (χ1n) is 8.11. The fourth-order valence-corrected chi connectivity index (χ4v) is 2.34. The number of likely N-dealkylation sites (N-methyl/N-ethyl adjacent to an activating group) is 1. The Labute approximate surface area is 150 Å². The van der Waals surface area contributed by atoms with Gasteiger partial charge < -0.3 is 10.1 Å². The van der Waals surface area contributed by atoms with Crippen molar-refractivity contribution < 1.29 is 22.7 Å². The third-order valence-electron chi connectivity index (χ3n) is 4.00. The largest absolute Gasteiger partial charge is 0.435 e. The summed E-state index contributed by atoms with van der Waals surface area (Å²) in [6.45, 7) is -0.293. The molecule has 0 saturated carbocycles. The Morgan fingerprint density at radius 3 is 2.23 bits per heavy atom. The highest BCUT2D eigenvalue weighted by atomic mass is 19.3. The third kappa shape index (κ3) is 6.07. The molecule has 0 radical (unpaired) electrons. The van der Waals surface area contributed by atoms with Crippen molar-refractivity contribution in [1.29, 1.82) is 0 Å². The van der Waals surface area contributed by atoms with Gasteiger partial charge in [-0.25, -0.2) is 4.39 Å². The number of halogens is 3. The van der Waals surface area contributed by atoms with Crippen LogP contribution < -0.4 is 10.1 Å². The van der Waals surface area contributed by atoms with Gasteiger partial charge in [-0.1, -0.05) is 24.3 Å². The molecule has 0 aliphatic carbocycles. The summed E-state index contributed by atoms with van der Waals surface area (Å²) in [5, 5.41) is 2.81. The predicted octanol–water partition coefficient (Wildman–Crippen LogP) is 3.56. The average Bonchev–Trinajstić information content (AvgIpc) is 2.61. The first kappa shape index (κ1) is 19.8. The second kappa shape index (κ2) is 9.24. The van der Waals surface area contributed by atoms with E-state index in [1.165, 1.54) is 24.3 Å². The van der Waals surface area contributed by atoms with E-state index in [4.69, 9.17) is 0 Å². The zero-order valence-electron chi connectivity index (χ0n) is 14.6. The van der Waals surface area contributed by atoms with Crippen LogP contribution >= 0.6 is 0 Å². The van der Waals surface area contributed by atoms with Gasteiger partial charge in [-0.2, -0.15) is 8.78 Å². The van der Waals surface area contributed by atoms with Crippen LogP contribution in [0.25, 0.3) is 0 Å². The minimum atomic E-state index is -2.85. The quantitative estimate of drug-likeness (QED) is 0.777. The van der Waals surface area contributed by atoms with E-state index in [2.05, 4.69) is 10.1 Å². The lowest BCUT2D eigenvalue weighted by Gasteiger charge is -2.24. The van der Waals surface area contributed by atoms with Crippen molar-refractivity contribution in [2.75, 3.05) is 7.05 Å². The second-order valence-corrected chi connectivity index (χ2v) is 5.96. The molecule has 0 heterocycles. The minimum Gasteiger partial charge on any atom is -0.435 e. The number of rotatable bonds is 8. The molecule has 4 nitrogen and oxygen atoms in total. The number of carbonyl (C=O) groups excluding carboxylic acids is 1. The standard InChI is InChI=1S/C19H21F3N2O2/c1-13(18(25)23-11-14-3-7-16(20)8-4-14)24(2)12-15-5-9-17(10-6-15)26-19(21)22/h3-10,13,19H,11-12H2,1-2H3,(H,23,25). The van der Waals surface area contributed by atoms with Gasteiger partial charge in [-0.15, -0.1) is 0 Å². The molecular weight excluding hydrogens is 345 g/mol. The highest BCUT2D eigenvalue weighted by Gasteiger charge is 2.18. The van der Waals surface area contributed by atoms with Crippen LogP contribution in [0.15, 0.2) is 48.5 Å². The van der Waals surface area contributed by atoms with Crippen LogP contribution in [0.3, 0.4) is 0 Å². The number of nitrogens with zero attached hydrogens (tertiary/aromatic N) is 1. The third-order valence-corrected chi connectivity index (χ3v) is 4.00. The zero-order valence-corrected chi connectivity index (χ0v) is 14.6. The van der Waals surface area contributed by atoms with Gasteiger partial charge in [0.05, 0.1) is 6.04 Å². The van der Waals surface area contributed by atoms with Crippen LogP contribution in [-0.2, 0) is 17.9 Å². The summed E-state index contributed by atoms with van der Waals surface area (Å²) in [5.74, 6) is -0.385. The number of ether oxygens (including phenoxy) is 1. The number of benzene rings is 2. The van der Waals surface area contributed by atoms with E-state index in [-0.39, 0.29) is 17.5 Å². The monoisotopic (exact) mass is 366 g/mol. The highest BCUT2D eigenvalue weighted by Crippen LogP contribution is 2.16. The first-order chi connectivity index (χ1) is 12.3. The Morgan fingerprint density at radius 1 is 1.08 bits per heavy atom. The predicted molar refractivity (Wildman–Crippen MR) is 92.2 cm³/mol. The molecule has 0 fully saturated rings. The summed E-state index contributed by atoms with van der Waals surface area (Å²) < 4.78 is 41.5. The molecule has 0 aliphatic rings. The molecule has 1 atom stereocenters. The maximum Gasteiger partial charge on any atom is 0.387 e. The Balaban J connectivity index is 1.84. The molecule has 140 valence electrons. The molecule has 1 N–H and O–H groups in total. The molecule has 2 aromatic carbocycles. The lowest BCUT2D eigenvalue weighted by Crippen LogP contribution is -2.42. The number of hydrogen-bond donors (Lipinski definition) is 1. The lowest BCUT2D eigenvalue weighted by molar-refractivity contribution is -0.125. The second-order valence-electron chi connectivity index (χ2n) is 5.96. The molecule has 1 unspecified atom stereocenters. The summed E-state index contributed by atoms with van der Waals surface area (Å²) in [5.41, 5.74) is 1.68. The maximum absolute atomic E-state index is 12.9. The molecule has 0 aliphatic heterocycles. The Morgan fingerprint density at radius 2 is 1.65 bits per heavy atom. The Bertz CT molecular complexity index is 706. The summed E-state index contributed by atoms with van der Waals surface area (Å²) >= 11 is 0. The van der Waals surface area contributed by atoms with Crippen molar-refractivity contribution in [1.82, 2.24) is 10.2 Å². The van der Waals surface area contributed by atoms with Gasteiger partial charge in [-0.3, -0.25) is 9.69 Å². The average molecular weight is 366 g/mol. The van der Waals surface area contributed by atoms with E-state index in [1.807, 2.05) is 4.90 Å². The molecular formula is C19H21F3N2O2. The number of nitrogens with one attached hydrogen (secondary N) is 1. The number of hydrogen-bond acceptors (Lipinski definition) is 3. The van der Waals surface area contributed by atoms with Crippen molar-refractivity contribution >= 4 is 5.91 Å². The molecule has 0 spiro atoms. The van der Waals surface area contributed by atoms with Crippen LogP contribution in [0.4, 0.5) is 13.2 Å². The Hall–Kier alpha value is -2.54. The van der Waals surface area contributed by atoms with E-state index >= 15 is 0 Å². The highest BCUT2D eigenvalue weighted by molar-refractivity contribution is 5.81. The summed E-state index contributed by atoms with van der Waals surface area (Å²) in [7, 11) is 1.80. The number of alkyl halides is 2. The number of carbonyl (C=O) groups is 1. The topological polar surface area (TPSA) is 41.6 Å². The number of amides is 1. The zero-order chi connectivity index (χ0) is 19.1. The molecule has 0 bridgehead atoms. The van der Waals surface area contributed by atoms with Crippen LogP contribution in [-0.4, -0.2) is 30.5 Å². The van der Waals surface area contributed by atoms with E-state index in [0.29, 0.717) is 13.1 Å². The van der Waals surface area contributed by atoms with E-state index < -0.39 is 12.7 Å². The van der Waals surface area contributed by atoms with E-state index in [1.54, 1.807) is 38.2 Å². The van der Waals surface area contributed by atoms with Gasteiger partial charge in [-0.05, 0) is 49.4 Å². The van der Waals surface area contributed by atoms with Crippen LogP contribution in [0.5, 0.6) is 5.75 Å². The molecule has 7 heteroatoms. The fourth-order valence-electron chi connectivity index (χ4n) is 2.34. The molecule has 0 aromatic heterocycles. The van der Waals surface area contributed by atoms with Crippen LogP contribution in [0.1, 0.15) is 18.1 Å². The summed E-state index contributed by atoms with van der Waals surface area (Å²) in [4.78, 5) is 14.1. The van der Waals surface area contributed by atoms with Crippen LogP contribution in [0.2, 0.25) is 0 Å². The minimum absolute atomic E-state index is 0.0940. The molecule has 0 saturated heterocycles.